The van der Waals surface area contributed by atoms with E-state index in [9.17, 15) is 19.7 Å². The molecule has 210 valence electrons. The average molecular weight is 568 g/mol. The number of ether oxygens (including phenoxy) is 4. The summed E-state index contributed by atoms with van der Waals surface area (Å²) in [6, 6.07) is 8.87. The Labute approximate surface area is 233 Å². The van der Waals surface area contributed by atoms with Crippen molar-refractivity contribution < 1.29 is 28.7 Å². The Morgan fingerprint density at radius 2 is 1.90 bits per heavy atom. The molecule has 0 N–H and O–H groups in total. The Kier molecular flexibility index (Phi) is 8.38. The van der Waals surface area contributed by atoms with Crippen LogP contribution in [0.15, 0.2) is 57.5 Å². The van der Waals surface area contributed by atoms with Crippen molar-refractivity contribution in [1.29, 1.82) is 0 Å². The molecule has 0 radical (unpaired) electrons. The van der Waals surface area contributed by atoms with Crippen molar-refractivity contribution in [2.24, 2.45) is 4.99 Å². The van der Waals surface area contributed by atoms with Crippen molar-refractivity contribution >= 4 is 29.1 Å². The number of nitrogens with zero attached hydrogens (tertiary/aromatic N) is 3. The number of carbonyl (C=O) groups is 1. The number of rotatable bonds is 9. The molecule has 3 aromatic rings. The van der Waals surface area contributed by atoms with Crippen LogP contribution in [-0.2, 0) is 9.53 Å². The number of benzene rings is 2. The van der Waals surface area contributed by atoms with Crippen molar-refractivity contribution in [3.63, 3.8) is 0 Å². The van der Waals surface area contributed by atoms with Gasteiger partial charge in [0, 0.05) is 11.6 Å². The van der Waals surface area contributed by atoms with Gasteiger partial charge in [-0.25, -0.2) is 9.79 Å². The van der Waals surface area contributed by atoms with Gasteiger partial charge in [-0.1, -0.05) is 23.5 Å². The highest BCUT2D eigenvalue weighted by Gasteiger charge is 2.34. The fourth-order valence-electron chi connectivity index (χ4n) is 4.42. The molecule has 0 bridgehead atoms. The molecule has 1 atom stereocenters. The molecule has 1 aliphatic heterocycles. The Bertz CT molecular complexity index is 1670. The first-order valence-electron chi connectivity index (χ1n) is 12.5. The molecule has 1 aliphatic rings. The fourth-order valence-corrected chi connectivity index (χ4v) is 5.46. The zero-order chi connectivity index (χ0) is 29.1. The zero-order valence-corrected chi connectivity index (χ0v) is 23.7. The maximum atomic E-state index is 13.9. The van der Waals surface area contributed by atoms with E-state index in [0.717, 1.165) is 11.3 Å². The van der Waals surface area contributed by atoms with Crippen LogP contribution in [0.2, 0.25) is 0 Å². The summed E-state index contributed by atoms with van der Waals surface area (Å²) in [5.74, 6) is 0.462. The molecule has 2 aromatic carbocycles. The van der Waals surface area contributed by atoms with Crippen LogP contribution < -0.4 is 29.1 Å². The van der Waals surface area contributed by atoms with Crippen molar-refractivity contribution in [3.8, 4) is 17.2 Å². The number of carbonyl (C=O) groups excluding carboxylic acids is 1. The van der Waals surface area contributed by atoms with Gasteiger partial charge < -0.3 is 18.9 Å². The van der Waals surface area contributed by atoms with Crippen molar-refractivity contribution in [3.05, 3.63) is 88.6 Å². The van der Waals surface area contributed by atoms with Gasteiger partial charge in [0.1, 0.15) is 5.75 Å². The molecule has 2 heterocycles. The first kappa shape index (κ1) is 28.6. The molecule has 0 spiro atoms. The number of aromatic nitrogens is 1. The average Bonchev–Trinajstić information content (AvgIpc) is 3.21. The minimum Gasteiger partial charge on any atom is -0.494 e. The van der Waals surface area contributed by atoms with E-state index >= 15 is 0 Å². The van der Waals surface area contributed by atoms with Crippen LogP contribution in [0.4, 0.5) is 5.69 Å². The molecule has 0 unspecified atom stereocenters. The summed E-state index contributed by atoms with van der Waals surface area (Å²) in [5, 5.41) is 11.5. The Hall–Kier alpha value is -4.45. The van der Waals surface area contributed by atoms with Gasteiger partial charge in [0.25, 0.3) is 11.2 Å². The van der Waals surface area contributed by atoms with E-state index in [1.165, 1.54) is 37.0 Å². The van der Waals surface area contributed by atoms with Crippen LogP contribution in [0.3, 0.4) is 0 Å². The predicted octanol–water partition coefficient (Wildman–Crippen LogP) is 3.51. The maximum Gasteiger partial charge on any atom is 0.338 e. The van der Waals surface area contributed by atoms with E-state index in [4.69, 9.17) is 18.9 Å². The molecule has 4 rings (SSSR count). The number of non-ortho nitro benzene ring substituents is 1. The van der Waals surface area contributed by atoms with Gasteiger partial charge in [-0.15, -0.1) is 0 Å². The number of allylic oxidation sites excluding steroid dienone is 1. The number of esters is 1. The number of fused-ring (bicyclic) bond motifs is 1. The van der Waals surface area contributed by atoms with E-state index in [1.54, 1.807) is 45.0 Å². The van der Waals surface area contributed by atoms with Crippen LogP contribution in [0.5, 0.6) is 17.2 Å². The highest BCUT2D eigenvalue weighted by atomic mass is 32.1. The molecule has 40 heavy (non-hydrogen) atoms. The number of nitro groups is 1. The second-order valence-corrected chi connectivity index (χ2v) is 10.1. The number of nitro benzene ring substituents is 1. The molecule has 0 fully saturated rings. The lowest BCUT2D eigenvalue weighted by Gasteiger charge is -2.25. The van der Waals surface area contributed by atoms with Gasteiger partial charge in [-0.3, -0.25) is 19.5 Å². The van der Waals surface area contributed by atoms with Gasteiger partial charge in [-0.2, -0.15) is 0 Å². The smallest absolute Gasteiger partial charge is 0.338 e. The molecular formula is C28H29N3O8S. The highest BCUT2D eigenvalue weighted by Crippen LogP contribution is 2.36. The van der Waals surface area contributed by atoms with Crippen LogP contribution in [-0.4, -0.2) is 42.4 Å². The summed E-state index contributed by atoms with van der Waals surface area (Å²) in [6.07, 6.45) is 1.12. The summed E-state index contributed by atoms with van der Waals surface area (Å²) >= 11 is 1.10. The normalized spacial score (nSPS) is 15.0. The zero-order valence-electron chi connectivity index (χ0n) is 22.9. The van der Waals surface area contributed by atoms with Gasteiger partial charge in [0.2, 0.25) is 0 Å². The Morgan fingerprint density at radius 3 is 2.48 bits per heavy atom. The minimum atomic E-state index is -0.818. The van der Waals surface area contributed by atoms with E-state index in [2.05, 4.69) is 4.99 Å². The second-order valence-electron chi connectivity index (χ2n) is 9.07. The SMILES string of the molecule is CCOc1ccc([C@@H]2C(C(=O)OC(C)C)=C(C)N=c3s/c(=C\c4cc([N+](=O)[O-])cc(OC)c4OC)c(=O)n32)cc1. The largest absolute Gasteiger partial charge is 0.494 e. The quantitative estimate of drug-likeness (QED) is 0.218. The summed E-state index contributed by atoms with van der Waals surface area (Å²) < 4.78 is 23.5. The lowest BCUT2D eigenvalue weighted by molar-refractivity contribution is -0.385. The Balaban J connectivity index is 1.97. The number of hydrogen-bond acceptors (Lipinski definition) is 10. The molecule has 12 heteroatoms. The summed E-state index contributed by atoms with van der Waals surface area (Å²) in [7, 11) is 2.78. The van der Waals surface area contributed by atoms with Crippen molar-refractivity contribution in [1.82, 2.24) is 4.57 Å². The van der Waals surface area contributed by atoms with Crippen LogP contribution in [0, 0.1) is 10.1 Å². The van der Waals surface area contributed by atoms with Gasteiger partial charge in [0.15, 0.2) is 16.3 Å². The van der Waals surface area contributed by atoms with Crippen molar-refractivity contribution in [2.45, 2.75) is 39.8 Å². The molecule has 0 saturated heterocycles. The molecule has 0 saturated carbocycles. The first-order chi connectivity index (χ1) is 19.1. The lowest BCUT2D eigenvalue weighted by Crippen LogP contribution is -2.40. The number of hydrogen-bond donors (Lipinski definition) is 0. The van der Waals surface area contributed by atoms with E-state index in [-0.39, 0.29) is 39.0 Å². The van der Waals surface area contributed by atoms with Crippen LogP contribution in [0.1, 0.15) is 44.9 Å². The molecule has 1 aromatic heterocycles. The highest BCUT2D eigenvalue weighted by molar-refractivity contribution is 7.07. The van der Waals surface area contributed by atoms with Gasteiger partial charge in [0.05, 0.1) is 59.8 Å². The first-order valence-corrected chi connectivity index (χ1v) is 13.3. The summed E-state index contributed by atoms with van der Waals surface area (Å²) in [6.45, 7) is 7.56. The van der Waals surface area contributed by atoms with Crippen molar-refractivity contribution in [2.75, 3.05) is 20.8 Å². The maximum absolute atomic E-state index is 13.9. The number of thiazole rings is 1. The van der Waals surface area contributed by atoms with Gasteiger partial charge in [-0.05, 0) is 51.5 Å². The Morgan fingerprint density at radius 1 is 1.20 bits per heavy atom. The van der Waals surface area contributed by atoms with Gasteiger partial charge >= 0.3 is 5.97 Å². The topological polar surface area (TPSA) is 131 Å². The summed E-state index contributed by atoms with van der Waals surface area (Å²) in [5.41, 5.74) is 0.955. The third kappa shape index (κ3) is 5.48. The third-order valence-electron chi connectivity index (χ3n) is 6.08. The van der Waals surface area contributed by atoms with Crippen LogP contribution in [0.25, 0.3) is 6.08 Å². The van der Waals surface area contributed by atoms with E-state index in [1.807, 2.05) is 6.92 Å². The summed E-state index contributed by atoms with van der Waals surface area (Å²) in [4.78, 5) is 43.1. The predicted molar refractivity (Wildman–Crippen MR) is 149 cm³/mol. The molecule has 11 nitrogen and oxygen atoms in total. The number of methoxy groups -OCH3 is 2. The lowest BCUT2D eigenvalue weighted by atomic mass is 9.96. The second kappa shape index (κ2) is 11.7. The fraction of sp³-hybridized carbons (Fsp3) is 0.321. The van der Waals surface area contributed by atoms with E-state index in [0.29, 0.717) is 28.4 Å². The van der Waals surface area contributed by atoms with Crippen LogP contribution >= 0.6 is 11.3 Å². The molecule has 0 aliphatic carbocycles. The molecular weight excluding hydrogens is 538 g/mol. The third-order valence-corrected chi connectivity index (χ3v) is 7.06. The standard InChI is InChI=1S/C28H29N3O8S/c1-7-38-20-10-8-17(9-11-20)24-23(27(33)39-15(2)3)16(4)29-28-30(24)26(32)22(40-28)13-18-12-19(31(34)35)14-21(36-5)25(18)37-6/h8-15,24H,7H2,1-6H3/b22-13-/t24-/m1/s1. The minimum absolute atomic E-state index is 0.151. The van der Waals surface area contributed by atoms with E-state index < -0.39 is 22.5 Å². The monoisotopic (exact) mass is 567 g/mol. The molecule has 0 amide bonds.